The van der Waals surface area contributed by atoms with E-state index >= 15 is 0 Å². The third-order valence-electron chi connectivity index (χ3n) is 2.42. The maximum absolute atomic E-state index is 11.9. The van der Waals surface area contributed by atoms with Crippen molar-refractivity contribution in [2.45, 2.75) is 6.54 Å². The number of nitriles is 1. The molecule has 0 aliphatic rings. The van der Waals surface area contributed by atoms with Gasteiger partial charge in [-0.2, -0.15) is 5.26 Å². The summed E-state index contributed by atoms with van der Waals surface area (Å²) in [6.45, 7) is 0.241. The molecule has 2 rings (SSSR count). The molecule has 6 heteroatoms. The van der Waals surface area contributed by atoms with E-state index in [1.807, 2.05) is 28.7 Å². The van der Waals surface area contributed by atoms with Crippen molar-refractivity contribution in [3.05, 3.63) is 60.8 Å². The van der Waals surface area contributed by atoms with Crippen molar-refractivity contribution in [3.8, 4) is 6.07 Å². The molecule has 0 radical (unpaired) electrons. The van der Waals surface area contributed by atoms with Crippen LogP contribution in [0.2, 0.25) is 5.28 Å². The first-order valence-electron chi connectivity index (χ1n) is 5.02. The molecule has 1 heterocycles. The smallest absolute Gasteiger partial charge is 0.268 e. The van der Waals surface area contributed by atoms with Gasteiger partial charge in [0.2, 0.25) is 5.28 Å². The van der Waals surface area contributed by atoms with Crippen LogP contribution < -0.4 is 5.56 Å². The first-order chi connectivity index (χ1) is 8.63. The predicted octanol–water partition coefficient (Wildman–Crippen LogP) is 2.42. The first-order valence-corrected chi connectivity index (χ1v) is 6.48. The summed E-state index contributed by atoms with van der Waals surface area (Å²) in [7, 11) is 0. The van der Waals surface area contributed by atoms with E-state index in [4.69, 9.17) is 16.9 Å². The predicted molar refractivity (Wildman–Crippen MR) is 76.5 cm³/mol. The van der Waals surface area contributed by atoms with Crippen molar-refractivity contribution in [2.24, 2.45) is 0 Å². The number of halogens is 2. The third-order valence-corrected chi connectivity index (χ3v) is 3.46. The van der Waals surface area contributed by atoms with E-state index in [0.29, 0.717) is 9.13 Å². The van der Waals surface area contributed by atoms with Gasteiger partial charge in [-0.3, -0.25) is 9.36 Å². The summed E-state index contributed by atoms with van der Waals surface area (Å²) in [6, 6.07) is 9.18. The van der Waals surface area contributed by atoms with Gasteiger partial charge in [-0.05, 0) is 45.8 Å². The van der Waals surface area contributed by atoms with E-state index in [0.717, 1.165) is 5.56 Å². The highest BCUT2D eigenvalue weighted by Gasteiger charge is 2.09. The van der Waals surface area contributed by atoms with E-state index in [9.17, 15) is 4.79 Å². The standard InChI is InChI=1S/C12H7ClIN3O/c13-12-16-6-10(14)11(18)17(12)7-9-4-2-1-3-8(9)5-15/h1-4,6H,7H2. The van der Waals surface area contributed by atoms with Crippen LogP contribution in [0.3, 0.4) is 0 Å². The second-order valence-corrected chi connectivity index (χ2v) is 5.04. The van der Waals surface area contributed by atoms with Crippen LogP contribution in [0.4, 0.5) is 0 Å². The Morgan fingerprint density at radius 1 is 1.44 bits per heavy atom. The van der Waals surface area contributed by atoms with Gasteiger partial charge in [-0.15, -0.1) is 0 Å². The summed E-state index contributed by atoms with van der Waals surface area (Å²) < 4.78 is 1.84. The monoisotopic (exact) mass is 371 g/mol. The lowest BCUT2D eigenvalue weighted by Crippen LogP contribution is -2.24. The minimum Gasteiger partial charge on any atom is -0.278 e. The Morgan fingerprint density at radius 2 is 2.17 bits per heavy atom. The average Bonchev–Trinajstić information content (AvgIpc) is 2.39. The molecule has 0 saturated heterocycles. The topological polar surface area (TPSA) is 58.7 Å². The highest BCUT2D eigenvalue weighted by Crippen LogP contribution is 2.12. The van der Waals surface area contributed by atoms with Crippen LogP contribution in [0, 0.1) is 14.9 Å². The number of aromatic nitrogens is 2. The molecule has 18 heavy (non-hydrogen) atoms. The van der Waals surface area contributed by atoms with Crippen LogP contribution in [0.1, 0.15) is 11.1 Å². The fraction of sp³-hybridized carbons (Fsp3) is 0.0833. The molecule has 0 N–H and O–H groups in total. The molecule has 0 spiro atoms. The van der Waals surface area contributed by atoms with Gasteiger partial charge in [0.05, 0.1) is 21.7 Å². The van der Waals surface area contributed by atoms with Crippen LogP contribution in [-0.4, -0.2) is 9.55 Å². The van der Waals surface area contributed by atoms with Crippen molar-refractivity contribution < 1.29 is 0 Å². The summed E-state index contributed by atoms with van der Waals surface area (Å²) in [5, 5.41) is 9.12. The summed E-state index contributed by atoms with van der Waals surface area (Å²) in [5.74, 6) is 0. The van der Waals surface area contributed by atoms with Gasteiger partial charge in [0.1, 0.15) is 0 Å². The molecule has 2 aromatic rings. The van der Waals surface area contributed by atoms with Crippen LogP contribution >= 0.6 is 34.2 Å². The van der Waals surface area contributed by atoms with Crippen molar-refractivity contribution in [3.63, 3.8) is 0 Å². The molecule has 0 fully saturated rings. The Hall–Kier alpha value is -1.39. The molecule has 0 aliphatic carbocycles. The lowest BCUT2D eigenvalue weighted by molar-refractivity contribution is 0.730. The van der Waals surface area contributed by atoms with Gasteiger partial charge < -0.3 is 0 Å². The van der Waals surface area contributed by atoms with Gasteiger partial charge in [-0.25, -0.2) is 4.98 Å². The lowest BCUT2D eigenvalue weighted by Gasteiger charge is -2.09. The Labute approximate surface area is 122 Å². The zero-order valence-electron chi connectivity index (χ0n) is 9.10. The number of hydrogen-bond acceptors (Lipinski definition) is 3. The fourth-order valence-corrected chi connectivity index (χ4v) is 2.14. The molecule has 0 aliphatic heterocycles. The summed E-state index contributed by atoms with van der Waals surface area (Å²) >= 11 is 7.82. The van der Waals surface area contributed by atoms with E-state index in [2.05, 4.69) is 11.1 Å². The largest absolute Gasteiger partial charge is 0.278 e. The molecule has 90 valence electrons. The van der Waals surface area contributed by atoms with Crippen molar-refractivity contribution in [2.75, 3.05) is 0 Å². The third kappa shape index (κ3) is 2.54. The van der Waals surface area contributed by atoms with Gasteiger partial charge in [0, 0.05) is 6.20 Å². The Balaban J connectivity index is 2.51. The van der Waals surface area contributed by atoms with Gasteiger partial charge >= 0.3 is 0 Å². The zero-order chi connectivity index (χ0) is 13.1. The minimum atomic E-state index is -0.205. The van der Waals surface area contributed by atoms with E-state index in [1.54, 1.807) is 18.2 Å². The molecule has 1 aromatic carbocycles. The van der Waals surface area contributed by atoms with Crippen molar-refractivity contribution >= 4 is 34.2 Å². The molecule has 0 saturated carbocycles. The Kier molecular flexibility index (Phi) is 3.99. The molecule has 0 unspecified atom stereocenters. The zero-order valence-corrected chi connectivity index (χ0v) is 12.0. The maximum Gasteiger partial charge on any atom is 0.268 e. The minimum absolute atomic E-state index is 0.119. The molecular weight excluding hydrogens is 365 g/mol. The normalized spacial score (nSPS) is 10.1. The maximum atomic E-state index is 11.9. The number of benzene rings is 1. The lowest BCUT2D eigenvalue weighted by atomic mass is 10.1. The summed E-state index contributed by atoms with van der Waals surface area (Å²) in [6.07, 6.45) is 1.43. The van der Waals surface area contributed by atoms with Gasteiger partial charge in [-0.1, -0.05) is 18.2 Å². The van der Waals surface area contributed by atoms with E-state index < -0.39 is 0 Å². The van der Waals surface area contributed by atoms with Crippen molar-refractivity contribution in [1.29, 1.82) is 5.26 Å². The first kappa shape index (κ1) is 13.1. The highest BCUT2D eigenvalue weighted by atomic mass is 127. The Morgan fingerprint density at radius 3 is 2.89 bits per heavy atom. The van der Waals surface area contributed by atoms with Gasteiger partial charge in [0.25, 0.3) is 5.56 Å². The average molecular weight is 372 g/mol. The van der Waals surface area contributed by atoms with E-state index in [-0.39, 0.29) is 17.4 Å². The molecule has 0 amide bonds. The number of rotatable bonds is 2. The molecular formula is C12H7ClIN3O. The fourth-order valence-electron chi connectivity index (χ4n) is 1.52. The molecule has 0 bridgehead atoms. The van der Waals surface area contributed by atoms with Gasteiger partial charge in [0.15, 0.2) is 0 Å². The quantitative estimate of drug-likeness (QED) is 0.602. The molecule has 4 nitrogen and oxygen atoms in total. The highest BCUT2D eigenvalue weighted by molar-refractivity contribution is 14.1. The Bertz CT molecular complexity index is 690. The van der Waals surface area contributed by atoms with Crippen LogP contribution in [-0.2, 0) is 6.54 Å². The van der Waals surface area contributed by atoms with Crippen molar-refractivity contribution in [1.82, 2.24) is 9.55 Å². The molecule has 1 aromatic heterocycles. The van der Waals surface area contributed by atoms with E-state index in [1.165, 1.54) is 10.8 Å². The van der Waals surface area contributed by atoms with Crippen LogP contribution in [0.25, 0.3) is 0 Å². The second kappa shape index (κ2) is 5.50. The van der Waals surface area contributed by atoms with Crippen LogP contribution in [0.5, 0.6) is 0 Å². The van der Waals surface area contributed by atoms with Crippen LogP contribution in [0.15, 0.2) is 35.3 Å². The second-order valence-electron chi connectivity index (χ2n) is 3.54. The summed E-state index contributed by atoms with van der Waals surface area (Å²) in [4.78, 5) is 15.9. The number of nitrogens with zero attached hydrogens (tertiary/aromatic N) is 3. The number of hydrogen-bond donors (Lipinski definition) is 0. The molecule has 0 atom stereocenters. The SMILES string of the molecule is N#Cc1ccccc1Cn1c(Cl)ncc(I)c1=O. The summed E-state index contributed by atoms with van der Waals surface area (Å²) in [5.41, 5.74) is 1.07.